The summed E-state index contributed by atoms with van der Waals surface area (Å²) in [6.45, 7) is 0. The Hall–Kier alpha value is -1.84. The largest absolute Gasteiger partial charge is 0.296 e. The molecule has 0 atom stereocenters. The van der Waals surface area contributed by atoms with Gasteiger partial charge in [-0.2, -0.15) is 0 Å². The fourth-order valence-electron chi connectivity index (χ4n) is 2.51. The first-order valence-electron chi connectivity index (χ1n) is 7.24. The second kappa shape index (κ2) is 6.73. The number of sulfonamides is 1. The summed E-state index contributed by atoms with van der Waals surface area (Å²) in [4.78, 5) is 12.2. The van der Waals surface area contributed by atoms with Gasteiger partial charge in [-0.1, -0.05) is 24.2 Å². The number of nitrogens with one attached hydrogen (secondary N) is 2. The van der Waals surface area contributed by atoms with Crippen molar-refractivity contribution in [2.45, 2.75) is 36.6 Å². The summed E-state index contributed by atoms with van der Waals surface area (Å²) in [6, 6.07) is 5.86. The van der Waals surface area contributed by atoms with E-state index >= 15 is 0 Å². The van der Waals surface area contributed by atoms with E-state index in [9.17, 15) is 13.2 Å². The molecule has 122 valence electrons. The van der Waals surface area contributed by atoms with Crippen molar-refractivity contribution in [2.24, 2.45) is 0 Å². The number of carbonyl (C=O) groups excluding carboxylic acids is 1. The number of anilines is 1. The van der Waals surface area contributed by atoms with Crippen molar-refractivity contribution in [1.82, 2.24) is 14.9 Å². The van der Waals surface area contributed by atoms with Crippen LogP contribution in [0.1, 0.15) is 36.0 Å². The molecule has 0 aliphatic heterocycles. The summed E-state index contributed by atoms with van der Waals surface area (Å²) in [5.74, 6) is -0.352. The van der Waals surface area contributed by atoms with Crippen LogP contribution in [-0.2, 0) is 10.0 Å². The Labute approximate surface area is 138 Å². The van der Waals surface area contributed by atoms with Crippen LogP contribution >= 0.6 is 11.3 Å². The van der Waals surface area contributed by atoms with Crippen LogP contribution in [0, 0.1) is 0 Å². The van der Waals surface area contributed by atoms with E-state index in [1.165, 1.54) is 41.1 Å². The van der Waals surface area contributed by atoms with Gasteiger partial charge in [-0.15, -0.1) is 10.2 Å². The van der Waals surface area contributed by atoms with E-state index < -0.39 is 10.0 Å². The molecule has 23 heavy (non-hydrogen) atoms. The number of hydrogen-bond donors (Lipinski definition) is 2. The third-order valence-electron chi connectivity index (χ3n) is 3.68. The van der Waals surface area contributed by atoms with E-state index in [0.717, 1.165) is 25.7 Å². The van der Waals surface area contributed by atoms with Gasteiger partial charge in [-0.25, -0.2) is 13.1 Å². The molecule has 7 nitrogen and oxygen atoms in total. The second-order valence-corrected chi connectivity index (χ2v) is 7.87. The van der Waals surface area contributed by atoms with Crippen molar-refractivity contribution < 1.29 is 13.2 Å². The third kappa shape index (κ3) is 3.92. The predicted octanol–water partition coefficient (Wildman–Crippen LogP) is 2.01. The molecule has 9 heteroatoms. The third-order valence-corrected chi connectivity index (χ3v) is 5.83. The van der Waals surface area contributed by atoms with E-state index in [1.54, 1.807) is 0 Å². The molecule has 0 spiro atoms. The Bertz CT molecular complexity index is 767. The van der Waals surface area contributed by atoms with Gasteiger partial charge in [0, 0.05) is 11.6 Å². The smallest absolute Gasteiger partial charge is 0.257 e. The number of nitrogens with zero attached hydrogens (tertiary/aromatic N) is 2. The maximum absolute atomic E-state index is 12.3. The lowest BCUT2D eigenvalue weighted by atomic mass is 10.2. The molecule has 0 radical (unpaired) electrons. The number of carbonyl (C=O) groups is 1. The molecule has 1 saturated carbocycles. The van der Waals surface area contributed by atoms with Crippen LogP contribution in [0.25, 0.3) is 0 Å². The van der Waals surface area contributed by atoms with Gasteiger partial charge < -0.3 is 0 Å². The van der Waals surface area contributed by atoms with Crippen LogP contribution in [0.3, 0.4) is 0 Å². The predicted molar refractivity (Wildman–Crippen MR) is 86.9 cm³/mol. The van der Waals surface area contributed by atoms with Crippen molar-refractivity contribution in [1.29, 1.82) is 0 Å². The van der Waals surface area contributed by atoms with Crippen molar-refractivity contribution >= 4 is 32.4 Å². The van der Waals surface area contributed by atoms with E-state index in [4.69, 9.17) is 0 Å². The SMILES string of the molecule is O=C(Nc1nncs1)c1ccc(S(=O)(=O)NC2CCCC2)cc1. The normalized spacial score (nSPS) is 15.7. The van der Waals surface area contributed by atoms with Gasteiger partial charge in [0.25, 0.3) is 5.91 Å². The lowest BCUT2D eigenvalue weighted by molar-refractivity contribution is 0.102. The first-order chi connectivity index (χ1) is 11.0. The maximum atomic E-state index is 12.3. The van der Waals surface area contributed by atoms with Crippen molar-refractivity contribution in [3.8, 4) is 0 Å². The molecule has 1 aliphatic carbocycles. The number of rotatable bonds is 5. The summed E-state index contributed by atoms with van der Waals surface area (Å²) in [7, 11) is -3.54. The molecule has 0 saturated heterocycles. The lowest BCUT2D eigenvalue weighted by Gasteiger charge is -2.12. The van der Waals surface area contributed by atoms with Crippen LogP contribution in [-0.4, -0.2) is 30.6 Å². The Morgan fingerprint density at radius 2 is 1.87 bits per heavy atom. The van der Waals surface area contributed by atoms with E-state index in [-0.39, 0.29) is 16.8 Å². The summed E-state index contributed by atoms with van der Waals surface area (Å²) in [5, 5.41) is 10.4. The molecule has 0 unspecified atom stereocenters. The number of amides is 1. The summed E-state index contributed by atoms with van der Waals surface area (Å²) in [6.07, 6.45) is 3.86. The number of hydrogen-bond acceptors (Lipinski definition) is 6. The average Bonchev–Trinajstić information content (AvgIpc) is 3.21. The number of benzene rings is 1. The highest BCUT2D eigenvalue weighted by Gasteiger charge is 2.23. The van der Waals surface area contributed by atoms with Gasteiger partial charge >= 0.3 is 0 Å². The minimum atomic E-state index is -3.54. The van der Waals surface area contributed by atoms with Gasteiger partial charge in [0.15, 0.2) is 0 Å². The van der Waals surface area contributed by atoms with Crippen LogP contribution in [0.15, 0.2) is 34.7 Å². The molecule has 3 rings (SSSR count). The molecule has 1 aliphatic rings. The highest BCUT2D eigenvalue weighted by Crippen LogP contribution is 2.20. The first kappa shape index (κ1) is 16.0. The molecular weight excluding hydrogens is 336 g/mol. The minimum absolute atomic E-state index is 0.0142. The summed E-state index contributed by atoms with van der Waals surface area (Å²) < 4.78 is 27.3. The molecule has 2 aromatic rings. The standard InChI is InChI=1S/C14H16N4O3S2/c19-13(16-14-17-15-9-22-14)10-5-7-12(8-6-10)23(20,21)18-11-3-1-2-4-11/h5-9,11,18H,1-4H2,(H,16,17,19). The Morgan fingerprint density at radius 1 is 1.17 bits per heavy atom. The lowest BCUT2D eigenvalue weighted by Crippen LogP contribution is -2.32. The first-order valence-corrected chi connectivity index (χ1v) is 9.61. The van der Waals surface area contributed by atoms with Crippen LogP contribution in [0.4, 0.5) is 5.13 Å². The molecule has 1 aromatic carbocycles. The zero-order chi connectivity index (χ0) is 16.3. The van der Waals surface area contributed by atoms with E-state index in [1.807, 2.05) is 0 Å². The number of aromatic nitrogens is 2. The van der Waals surface area contributed by atoms with Gasteiger partial charge in [0.05, 0.1) is 4.90 Å². The fourth-order valence-corrected chi connectivity index (χ4v) is 4.26. The molecule has 0 bridgehead atoms. The van der Waals surface area contributed by atoms with Gasteiger partial charge in [0.1, 0.15) is 5.51 Å². The molecule has 1 aromatic heterocycles. The zero-order valence-electron chi connectivity index (χ0n) is 12.2. The maximum Gasteiger partial charge on any atom is 0.257 e. The van der Waals surface area contributed by atoms with Crippen LogP contribution in [0.5, 0.6) is 0 Å². The second-order valence-electron chi connectivity index (χ2n) is 5.33. The highest BCUT2D eigenvalue weighted by molar-refractivity contribution is 7.89. The molecular formula is C14H16N4O3S2. The van der Waals surface area contributed by atoms with Gasteiger partial charge in [-0.05, 0) is 37.1 Å². The molecule has 1 fully saturated rings. The Balaban J connectivity index is 1.69. The monoisotopic (exact) mass is 352 g/mol. The fraction of sp³-hybridized carbons (Fsp3) is 0.357. The van der Waals surface area contributed by atoms with E-state index in [2.05, 4.69) is 20.2 Å². The van der Waals surface area contributed by atoms with Crippen molar-refractivity contribution in [3.05, 3.63) is 35.3 Å². The summed E-state index contributed by atoms with van der Waals surface area (Å²) in [5.41, 5.74) is 1.87. The molecule has 1 amide bonds. The topological polar surface area (TPSA) is 101 Å². The van der Waals surface area contributed by atoms with Crippen molar-refractivity contribution in [2.75, 3.05) is 5.32 Å². The molecule has 1 heterocycles. The quantitative estimate of drug-likeness (QED) is 0.857. The Morgan fingerprint density at radius 3 is 2.48 bits per heavy atom. The van der Waals surface area contributed by atoms with Crippen LogP contribution < -0.4 is 10.0 Å². The summed E-state index contributed by atoms with van der Waals surface area (Å²) >= 11 is 1.21. The highest BCUT2D eigenvalue weighted by atomic mass is 32.2. The zero-order valence-corrected chi connectivity index (χ0v) is 13.9. The van der Waals surface area contributed by atoms with Crippen LogP contribution in [0.2, 0.25) is 0 Å². The Kier molecular flexibility index (Phi) is 4.69. The van der Waals surface area contributed by atoms with Crippen molar-refractivity contribution in [3.63, 3.8) is 0 Å². The van der Waals surface area contributed by atoms with Gasteiger partial charge in [0.2, 0.25) is 15.2 Å². The average molecular weight is 352 g/mol. The molecule has 2 N–H and O–H groups in total. The minimum Gasteiger partial charge on any atom is -0.296 e. The van der Waals surface area contributed by atoms with Gasteiger partial charge in [-0.3, -0.25) is 10.1 Å². The van der Waals surface area contributed by atoms with E-state index in [0.29, 0.717) is 10.7 Å².